The number of aromatic nitrogens is 1. The Bertz CT molecular complexity index is 2230. The third kappa shape index (κ3) is 11.1. The molecule has 1 aromatic heterocycles. The highest BCUT2D eigenvalue weighted by Crippen LogP contribution is 2.34. The average molecular weight is 814 g/mol. The Hall–Kier alpha value is -5.61. The lowest BCUT2D eigenvalue weighted by Crippen LogP contribution is -2.30. The molecule has 0 bridgehead atoms. The minimum Gasteiger partial charge on any atom is -0.459 e. The normalized spacial score (nSPS) is 19.3. The summed E-state index contributed by atoms with van der Waals surface area (Å²) in [6.45, 7) is 4.24. The number of esters is 4. The molecule has 2 saturated carbocycles. The third-order valence-corrected chi connectivity index (χ3v) is 12.1. The highest BCUT2D eigenvalue weighted by atomic mass is 32.1. The molecule has 0 aliphatic heterocycles. The van der Waals surface area contributed by atoms with Gasteiger partial charge in [-0.3, -0.25) is 9.59 Å². The molecular formula is C49H51NO8S. The van der Waals surface area contributed by atoms with Crippen LogP contribution in [0.5, 0.6) is 11.5 Å². The van der Waals surface area contributed by atoms with Gasteiger partial charge in [-0.2, -0.15) is 0 Å². The minimum atomic E-state index is -0.355. The van der Waals surface area contributed by atoms with E-state index >= 15 is 0 Å². The summed E-state index contributed by atoms with van der Waals surface area (Å²) in [5, 5.41) is 0.779. The molecule has 10 heteroatoms. The van der Waals surface area contributed by atoms with Crippen LogP contribution in [-0.4, -0.2) is 41.1 Å². The molecule has 2 fully saturated rings. The van der Waals surface area contributed by atoms with Crippen molar-refractivity contribution in [3.05, 3.63) is 124 Å². The monoisotopic (exact) mass is 813 g/mol. The maximum atomic E-state index is 13.5. The van der Waals surface area contributed by atoms with Crippen molar-refractivity contribution in [2.75, 3.05) is 0 Å². The predicted octanol–water partition coefficient (Wildman–Crippen LogP) is 11.0. The lowest BCUT2D eigenvalue weighted by Gasteiger charge is -2.27. The van der Waals surface area contributed by atoms with Crippen molar-refractivity contribution >= 4 is 57.6 Å². The number of aryl methyl sites for hydroxylation is 2. The average Bonchev–Trinajstić information content (AvgIpc) is 3.68. The first kappa shape index (κ1) is 41.5. The summed E-state index contributed by atoms with van der Waals surface area (Å²) in [7, 11) is 0. The smallest absolute Gasteiger partial charge is 0.338 e. The first-order valence-corrected chi connectivity index (χ1v) is 21.8. The number of carbonyl (C=O) groups is 4. The molecule has 0 saturated heterocycles. The second-order valence-corrected chi connectivity index (χ2v) is 16.6. The SMILES string of the molecule is CCCc1ccc(C(=O)OC2CCC(C(=O)Oc3ccc(OC(=O)C4CCC(OC(=O)c5ccc(CCC)cc5)CC4)c(/C=C/c4nc5ccccc5s4)c3)CC2)cc1. The second kappa shape index (κ2) is 19.9. The van der Waals surface area contributed by atoms with E-state index in [4.69, 9.17) is 23.9 Å². The molecule has 4 aromatic carbocycles. The van der Waals surface area contributed by atoms with Crippen LogP contribution in [0.15, 0.2) is 91.0 Å². The number of fused-ring (bicyclic) bond motifs is 1. The maximum Gasteiger partial charge on any atom is 0.338 e. The number of benzene rings is 4. The summed E-state index contributed by atoms with van der Waals surface area (Å²) in [4.78, 5) is 57.3. The van der Waals surface area contributed by atoms with E-state index in [-0.39, 0.29) is 47.9 Å². The van der Waals surface area contributed by atoms with Gasteiger partial charge in [0.25, 0.3) is 0 Å². The van der Waals surface area contributed by atoms with Crippen LogP contribution in [0, 0.1) is 11.8 Å². The Morgan fingerprint density at radius 3 is 1.68 bits per heavy atom. The standard InChI is InChI=1S/C49H51NO8S/c1-3-7-32-11-15-34(16-12-32)46(51)55-39-24-19-36(20-25-39)48(53)57-41-28-29-43(38(31-41)23-30-45-50-42-9-5-6-10-44(42)59-45)58-49(54)37-21-26-40(27-22-37)56-47(52)35-17-13-33(8-4-2)14-18-35/h5-6,9-18,23,28-31,36-37,39-40H,3-4,7-8,19-22,24-27H2,1-2H3/b30-23+. The summed E-state index contributed by atoms with van der Waals surface area (Å²) in [6.07, 6.45) is 11.6. The fourth-order valence-electron chi connectivity index (χ4n) is 7.79. The van der Waals surface area contributed by atoms with Crippen molar-refractivity contribution in [2.45, 2.75) is 103 Å². The molecule has 0 amide bonds. The highest BCUT2D eigenvalue weighted by Gasteiger charge is 2.32. The van der Waals surface area contributed by atoms with Crippen LogP contribution in [0.3, 0.4) is 0 Å². The molecule has 0 spiro atoms. The van der Waals surface area contributed by atoms with E-state index in [1.807, 2.05) is 84.9 Å². The Kier molecular flexibility index (Phi) is 14.0. The molecule has 0 radical (unpaired) electrons. The van der Waals surface area contributed by atoms with Crippen molar-refractivity contribution < 1.29 is 38.1 Å². The first-order chi connectivity index (χ1) is 28.7. The van der Waals surface area contributed by atoms with E-state index in [0.717, 1.165) is 40.9 Å². The van der Waals surface area contributed by atoms with Gasteiger partial charge in [0.05, 0.1) is 33.2 Å². The number of nitrogens with zero attached hydrogens (tertiary/aromatic N) is 1. The molecule has 59 heavy (non-hydrogen) atoms. The van der Waals surface area contributed by atoms with Crippen molar-refractivity contribution in [1.29, 1.82) is 0 Å². The van der Waals surface area contributed by atoms with Crippen molar-refractivity contribution in [2.24, 2.45) is 11.8 Å². The lowest BCUT2D eigenvalue weighted by atomic mass is 9.87. The number of rotatable bonds is 14. The fraction of sp³-hybridized carbons (Fsp3) is 0.367. The fourth-order valence-corrected chi connectivity index (χ4v) is 8.66. The molecule has 0 N–H and O–H groups in total. The number of thiazole rings is 1. The van der Waals surface area contributed by atoms with Crippen LogP contribution in [0.2, 0.25) is 0 Å². The van der Waals surface area contributed by atoms with Gasteiger partial charge in [0.15, 0.2) is 0 Å². The second-order valence-electron chi connectivity index (χ2n) is 15.5. The molecule has 9 nitrogen and oxygen atoms in total. The molecule has 306 valence electrons. The summed E-state index contributed by atoms with van der Waals surface area (Å²) in [5.74, 6) is -1.40. The quantitative estimate of drug-likeness (QED) is 0.0797. The van der Waals surface area contributed by atoms with Gasteiger partial charge in [-0.05, 0) is 142 Å². The van der Waals surface area contributed by atoms with Gasteiger partial charge >= 0.3 is 23.9 Å². The van der Waals surface area contributed by atoms with Gasteiger partial charge in [-0.25, -0.2) is 14.6 Å². The summed E-state index contributed by atoms with van der Waals surface area (Å²) >= 11 is 1.54. The van der Waals surface area contributed by atoms with E-state index < -0.39 is 0 Å². The molecular weight excluding hydrogens is 763 g/mol. The highest BCUT2D eigenvalue weighted by molar-refractivity contribution is 7.19. The van der Waals surface area contributed by atoms with Crippen LogP contribution >= 0.6 is 11.3 Å². The van der Waals surface area contributed by atoms with Crippen LogP contribution in [0.1, 0.15) is 120 Å². The molecule has 0 atom stereocenters. The van der Waals surface area contributed by atoms with Crippen LogP contribution in [0.25, 0.3) is 22.4 Å². The topological polar surface area (TPSA) is 118 Å². The van der Waals surface area contributed by atoms with Crippen molar-refractivity contribution in [1.82, 2.24) is 4.98 Å². The third-order valence-electron chi connectivity index (χ3n) is 11.1. The zero-order valence-electron chi connectivity index (χ0n) is 33.7. The van der Waals surface area contributed by atoms with Gasteiger partial charge < -0.3 is 18.9 Å². The van der Waals surface area contributed by atoms with Crippen molar-refractivity contribution in [3.8, 4) is 11.5 Å². The predicted molar refractivity (Wildman–Crippen MR) is 229 cm³/mol. The number of carbonyl (C=O) groups excluding carboxylic acids is 4. The molecule has 0 unspecified atom stereocenters. The molecule has 5 aromatic rings. The van der Waals surface area contributed by atoms with Gasteiger partial charge in [-0.15, -0.1) is 11.3 Å². The first-order valence-electron chi connectivity index (χ1n) is 21.0. The maximum absolute atomic E-state index is 13.5. The van der Waals surface area contributed by atoms with Crippen LogP contribution in [-0.2, 0) is 31.9 Å². The van der Waals surface area contributed by atoms with Gasteiger partial charge in [0.1, 0.15) is 28.7 Å². The molecule has 2 aliphatic carbocycles. The van der Waals surface area contributed by atoms with E-state index in [1.54, 1.807) is 29.5 Å². The summed E-state index contributed by atoms with van der Waals surface area (Å²) in [5.41, 5.74) is 4.89. The van der Waals surface area contributed by atoms with E-state index in [1.165, 1.54) is 11.1 Å². The molecule has 7 rings (SSSR count). The summed E-state index contributed by atoms with van der Waals surface area (Å²) < 4.78 is 24.6. The van der Waals surface area contributed by atoms with Gasteiger partial charge in [0.2, 0.25) is 0 Å². The van der Waals surface area contributed by atoms with E-state index in [9.17, 15) is 19.2 Å². The van der Waals surface area contributed by atoms with Crippen LogP contribution in [0.4, 0.5) is 0 Å². The Balaban J connectivity index is 0.960. The van der Waals surface area contributed by atoms with E-state index in [0.29, 0.717) is 79.6 Å². The number of hydrogen-bond donors (Lipinski definition) is 0. The Morgan fingerprint density at radius 1 is 0.627 bits per heavy atom. The largest absolute Gasteiger partial charge is 0.459 e. The summed E-state index contributed by atoms with van der Waals surface area (Å²) in [6, 6.07) is 28.0. The Labute approximate surface area is 349 Å². The zero-order valence-corrected chi connectivity index (χ0v) is 34.5. The van der Waals surface area contributed by atoms with Gasteiger partial charge in [0, 0.05) is 5.56 Å². The van der Waals surface area contributed by atoms with Crippen LogP contribution < -0.4 is 9.47 Å². The minimum absolute atomic E-state index is 0.256. The number of hydrogen-bond acceptors (Lipinski definition) is 10. The van der Waals surface area contributed by atoms with Gasteiger partial charge in [-0.1, -0.05) is 63.1 Å². The van der Waals surface area contributed by atoms with Crippen molar-refractivity contribution in [3.63, 3.8) is 0 Å². The zero-order chi connectivity index (χ0) is 41.1. The number of para-hydroxylation sites is 1. The Morgan fingerprint density at radius 2 is 1.15 bits per heavy atom. The van der Waals surface area contributed by atoms with E-state index in [2.05, 4.69) is 13.8 Å². The molecule has 1 heterocycles. The lowest BCUT2D eigenvalue weighted by molar-refractivity contribution is -0.141. The number of ether oxygens (including phenoxy) is 4. The molecule has 2 aliphatic rings.